The summed E-state index contributed by atoms with van der Waals surface area (Å²) in [7, 11) is 1.32. The lowest BCUT2D eigenvalue weighted by atomic mass is 10.2. The van der Waals surface area contributed by atoms with E-state index in [1.807, 2.05) is 13.8 Å². The van der Waals surface area contributed by atoms with Gasteiger partial charge in [0.2, 0.25) is 0 Å². The van der Waals surface area contributed by atoms with Gasteiger partial charge in [-0.15, -0.1) is 0 Å². The van der Waals surface area contributed by atoms with Gasteiger partial charge < -0.3 is 15.0 Å². The second kappa shape index (κ2) is 5.09. The Bertz CT molecular complexity index is 676. The van der Waals surface area contributed by atoms with Crippen LogP contribution in [0.3, 0.4) is 0 Å². The van der Waals surface area contributed by atoms with Crippen molar-refractivity contribution in [3.8, 4) is 0 Å². The number of nitrogens with zero attached hydrogens (tertiary/aromatic N) is 1. The summed E-state index contributed by atoms with van der Waals surface area (Å²) >= 11 is 0. The van der Waals surface area contributed by atoms with Crippen molar-refractivity contribution in [2.24, 2.45) is 0 Å². The van der Waals surface area contributed by atoms with Crippen LogP contribution in [0.2, 0.25) is 0 Å². The van der Waals surface area contributed by atoms with Gasteiger partial charge >= 0.3 is 5.97 Å². The van der Waals surface area contributed by atoms with Gasteiger partial charge in [0.25, 0.3) is 5.56 Å². The van der Waals surface area contributed by atoms with Gasteiger partial charge in [-0.3, -0.25) is 4.79 Å². The Kier molecular flexibility index (Phi) is 3.50. The molecule has 19 heavy (non-hydrogen) atoms. The standard InChI is InChI=1S/C13H15N3O3/c1-7(2)14-11-12(17)16-9-5-4-8(13(18)19-3)6-10(9)15-11/h4-7H,1-3H3,(H,14,15)(H,16,17). The van der Waals surface area contributed by atoms with E-state index in [-0.39, 0.29) is 17.4 Å². The molecule has 0 unspecified atom stereocenters. The average molecular weight is 261 g/mol. The molecule has 6 heteroatoms. The topological polar surface area (TPSA) is 84.1 Å². The number of benzene rings is 1. The summed E-state index contributed by atoms with van der Waals surface area (Å²) in [4.78, 5) is 30.2. The van der Waals surface area contributed by atoms with Crippen LogP contribution in [0, 0.1) is 0 Å². The van der Waals surface area contributed by atoms with E-state index in [2.05, 4.69) is 20.0 Å². The molecule has 2 aromatic rings. The molecule has 0 atom stereocenters. The lowest BCUT2D eigenvalue weighted by Crippen LogP contribution is -2.21. The van der Waals surface area contributed by atoms with E-state index >= 15 is 0 Å². The number of fused-ring (bicyclic) bond motifs is 1. The first-order valence-electron chi connectivity index (χ1n) is 5.90. The Balaban J connectivity index is 2.55. The van der Waals surface area contributed by atoms with Crippen molar-refractivity contribution in [2.75, 3.05) is 12.4 Å². The summed E-state index contributed by atoms with van der Waals surface area (Å²) < 4.78 is 4.65. The first-order chi connectivity index (χ1) is 9.01. The molecule has 0 aliphatic rings. The molecule has 6 nitrogen and oxygen atoms in total. The predicted octanol–water partition coefficient (Wildman–Crippen LogP) is 1.53. The Labute approximate surface area is 109 Å². The number of nitrogens with one attached hydrogen (secondary N) is 2. The zero-order valence-electron chi connectivity index (χ0n) is 11.0. The number of hydrogen-bond acceptors (Lipinski definition) is 5. The second-order valence-electron chi connectivity index (χ2n) is 4.44. The average Bonchev–Trinajstić information content (AvgIpc) is 2.37. The molecule has 0 radical (unpaired) electrons. The molecule has 0 fully saturated rings. The maximum absolute atomic E-state index is 11.8. The lowest BCUT2D eigenvalue weighted by Gasteiger charge is -2.09. The number of esters is 1. The third kappa shape index (κ3) is 2.73. The molecule has 0 saturated heterocycles. The summed E-state index contributed by atoms with van der Waals surface area (Å²) in [5, 5.41) is 2.96. The highest BCUT2D eigenvalue weighted by molar-refractivity contribution is 5.93. The molecule has 100 valence electrons. The van der Waals surface area contributed by atoms with Crippen molar-refractivity contribution < 1.29 is 9.53 Å². The molecule has 2 N–H and O–H groups in total. The number of methoxy groups -OCH3 is 1. The number of aromatic nitrogens is 2. The van der Waals surface area contributed by atoms with Crippen molar-refractivity contribution in [1.82, 2.24) is 9.97 Å². The largest absolute Gasteiger partial charge is 0.465 e. The molecule has 0 bridgehead atoms. The van der Waals surface area contributed by atoms with Gasteiger partial charge in [0.1, 0.15) is 0 Å². The smallest absolute Gasteiger partial charge is 0.337 e. The van der Waals surface area contributed by atoms with E-state index in [9.17, 15) is 9.59 Å². The van der Waals surface area contributed by atoms with Crippen molar-refractivity contribution in [3.63, 3.8) is 0 Å². The molecule has 2 rings (SSSR count). The highest BCUT2D eigenvalue weighted by Crippen LogP contribution is 2.13. The van der Waals surface area contributed by atoms with Crippen LogP contribution in [0.25, 0.3) is 11.0 Å². The molecule has 0 amide bonds. The first kappa shape index (κ1) is 13.1. The van der Waals surface area contributed by atoms with E-state index in [1.165, 1.54) is 7.11 Å². The summed E-state index contributed by atoms with van der Waals surface area (Å²) in [6.45, 7) is 3.83. The molecule has 1 aromatic heterocycles. The second-order valence-corrected chi connectivity index (χ2v) is 4.44. The molecule has 1 heterocycles. The van der Waals surface area contributed by atoms with Crippen LogP contribution in [0.4, 0.5) is 5.82 Å². The minimum atomic E-state index is -0.437. The van der Waals surface area contributed by atoms with Gasteiger partial charge in [-0.2, -0.15) is 0 Å². The molecule has 0 aliphatic carbocycles. The molecule has 0 saturated carbocycles. The number of aromatic amines is 1. The first-order valence-corrected chi connectivity index (χ1v) is 5.90. The van der Waals surface area contributed by atoms with Crippen LogP contribution >= 0.6 is 0 Å². The third-order valence-corrected chi connectivity index (χ3v) is 2.54. The van der Waals surface area contributed by atoms with Crippen LogP contribution in [-0.4, -0.2) is 29.1 Å². The molecular weight excluding hydrogens is 246 g/mol. The summed E-state index contributed by atoms with van der Waals surface area (Å²) in [5.41, 5.74) is 1.22. The normalized spacial score (nSPS) is 10.7. The maximum Gasteiger partial charge on any atom is 0.337 e. The van der Waals surface area contributed by atoms with Crippen molar-refractivity contribution in [1.29, 1.82) is 0 Å². The van der Waals surface area contributed by atoms with E-state index in [0.717, 1.165) is 0 Å². The zero-order valence-corrected chi connectivity index (χ0v) is 11.0. The van der Waals surface area contributed by atoms with Gasteiger partial charge in [0.05, 0.1) is 23.7 Å². The van der Waals surface area contributed by atoms with E-state index in [4.69, 9.17) is 0 Å². The van der Waals surface area contributed by atoms with Gasteiger partial charge in [-0.1, -0.05) is 0 Å². The molecule has 0 aliphatic heterocycles. The number of hydrogen-bond donors (Lipinski definition) is 2. The fraction of sp³-hybridized carbons (Fsp3) is 0.308. The zero-order chi connectivity index (χ0) is 14.0. The van der Waals surface area contributed by atoms with Crippen LogP contribution in [0.15, 0.2) is 23.0 Å². The number of H-pyrrole nitrogens is 1. The fourth-order valence-electron chi connectivity index (χ4n) is 1.70. The van der Waals surface area contributed by atoms with Gasteiger partial charge in [0, 0.05) is 6.04 Å². The number of rotatable bonds is 3. The van der Waals surface area contributed by atoms with Crippen molar-refractivity contribution in [2.45, 2.75) is 19.9 Å². The minimum absolute atomic E-state index is 0.0924. The van der Waals surface area contributed by atoms with Crippen LogP contribution in [-0.2, 0) is 4.74 Å². The quantitative estimate of drug-likeness (QED) is 0.818. The Morgan fingerprint density at radius 1 is 1.42 bits per heavy atom. The lowest BCUT2D eigenvalue weighted by molar-refractivity contribution is 0.0601. The molecule has 0 spiro atoms. The predicted molar refractivity (Wildman–Crippen MR) is 72.5 cm³/mol. The minimum Gasteiger partial charge on any atom is -0.465 e. The van der Waals surface area contributed by atoms with E-state index < -0.39 is 5.97 Å². The van der Waals surface area contributed by atoms with Gasteiger partial charge in [-0.05, 0) is 32.0 Å². The van der Waals surface area contributed by atoms with Crippen LogP contribution < -0.4 is 10.9 Å². The summed E-state index contributed by atoms with van der Waals surface area (Å²) in [6, 6.07) is 4.90. The van der Waals surface area contributed by atoms with E-state index in [1.54, 1.807) is 18.2 Å². The van der Waals surface area contributed by atoms with Crippen molar-refractivity contribution >= 4 is 22.8 Å². The number of carbonyl (C=O) groups excluding carboxylic acids is 1. The highest BCUT2D eigenvalue weighted by atomic mass is 16.5. The summed E-state index contributed by atoms with van der Waals surface area (Å²) in [6.07, 6.45) is 0. The molecule has 1 aromatic carbocycles. The Hall–Kier alpha value is -2.37. The number of carbonyl (C=O) groups is 1. The van der Waals surface area contributed by atoms with Crippen molar-refractivity contribution in [3.05, 3.63) is 34.1 Å². The third-order valence-electron chi connectivity index (χ3n) is 2.54. The van der Waals surface area contributed by atoms with Crippen LogP contribution in [0.1, 0.15) is 24.2 Å². The number of ether oxygens (including phenoxy) is 1. The van der Waals surface area contributed by atoms with E-state index in [0.29, 0.717) is 16.6 Å². The monoisotopic (exact) mass is 261 g/mol. The fourth-order valence-corrected chi connectivity index (χ4v) is 1.70. The van der Waals surface area contributed by atoms with Gasteiger partial charge in [0.15, 0.2) is 5.82 Å². The van der Waals surface area contributed by atoms with Gasteiger partial charge in [-0.25, -0.2) is 9.78 Å². The maximum atomic E-state index is 11.8. The Morgan fingerprint density at radius 3 is 2.79 bits per heavy atom. The van der Waals surface area contributed by atoms with Crippen LogP contribution in [0.5, 0.6) is 0 Å². The Morgan fingerprint density at radius 2 is 2.16 bits per heavy atom. The SMILES string of the molecule is COC(=O)c1ccc2[nH]c(=O)c(NC(C)C)nc2c1. The highest BCUT2D eigenvalue weighted by Gasteiger charge is 2.09. The molecular formula is C13H15N3O3. The number of anilines is 1. The summed E-state index contributed by atoms with van der Waals surface area (Å²) in [5.74, 6) is -0.196.